The number of hydrogen-bond acceptors (Lipinski definition) is 3. The van der Waals surface area contributed by atoms with Gasteiger partial charge in [-0.3, -0.25) is 9.59 Å². The summed E-state index contributed by atoms with van der Waals surface area (Å²) in [5.74, 6) is -0.300. The molecule has 3 atom stereocenters. The van der Waals surface area contributed by atoms with Gasteiger partial charge in [0.1, 0.15) is 0 Å². The summed E-state index contributed by atoms with van der Waals surface area (Å²) in [6.07, 6.45) is 0.181. The van der Waals surface area contributed by atoms with Crippen LogP contribution in [0.15, 0.2) is 54.6 Å². The molecular formula is C22H25ClN2O3. The minimum absolute atomic E-state index is 0.000548. The Labute approximate surface area is 170 Å². The summed E-state index contributed by atoms with van der Waals surface area (Å²) in [4.78, 5) is 27.5. The summed E-state index contributed by atoms with van der Waals surface area (Å²) < 4.78 is 5.71. The normalized spacial score (nSPS) is 20.5. The second-order valence-corrected chi connectivity index (χ2v) is 7.58. The molecule has 2 amide bonds. The molecule has 1 aliphatic rings. The van der Waals surface area contributed by atoms with Crippen LogP contribution >= 0.6 is 11.6 Å². The van der Waals surface area contributed by atoms with Gasteiger partial charge >= 0.3 is 0 Å². The van der Waals surface area contributed by atoms with E-state index >= 15 is 0 Å². The Morgan fingerprint density at radius 1 is 1.07 bits per heavy atom. The Kier molecular flexibility index (Phi) is 6.70. The Morgan fingerprint density at radius 2 is 1.68 bits per heavy atom. The maximum Gasteiger partial charge on any atom is 0.253 e. The van der Waals surface area contributed by atoms with Crippen molar-refractivity contribution in [2.24, 2.45) is 0 Å². The van der Waals surface area contributed by atoms with Gasteiger partial charge in [0.05, 0.1) is 35.3 Å². The topological polar surface area (TPSA) is 58.6 Å². The van der Waals surface area contributed by atoms with E-state index in [9.17, 15) is 9.59 Å². The molecule has 1 N–H and O–H groups in total. The SMILES string of the molecule is C[C@@H]1CN(C(=O)C[C@@H](NC(=O)c2ccccc2Cl)c2ccccc2)C[C@H](C)O1. The molecular weight excluding hydrogens is 376 g/mol. The molecule has 0 radical (unpaired) electrons. The van der Waals surface area contributed by atoms with Crippen molar-refractivity contribution >= 4 is 23.4 Å². The van der Waals surface area contributed by atoms with E-state index < -0.39 is 6.04 Å². The molecule has 148 valence electrons. The first kappa shape index (κ1) is 20.4. The number of nitrogens with zero attached hydrogens (tertiary/aromatic N) is 1. The van der Waals surface area contributed by atoms with E-state index in [-0.39, 0.29) is 30.4 Å². The molecule has 3 rings (SSSR count). The van der Waals surface area contributed by atoms with E-state index in [4.69, 9.17) is 16.3 Å². The molecule has 0 saturated carbocycles. The number of carbonyl (C=O) groups is 2. The average Bonchev–Trinajstić information content (AvgIpc) is 2.67. The summed E-state index contributed by atoms with van der Waals surface area (Å²) >= 11 is 6.16. The first-order valence-electron chi connectivity index (χ1n) is 9.47. The smallest absolute Gasteiger partial charge is 0.253 e. The number of halogens is 1. The average molecular weight is 401 g/mol. The van der Waals surface area contributed by atoms with Gasteiger partial charge in [-0.05, 0) is 31.5 Å². The zero-order chi connectivity index (χ0) is 20.1. The highest BCUT2D eigenvalue weighted by molar-refractivity contribution is 6.33. The first-order valence-corrected chi connectivity index (χ1v) is 9.85. The van der Waals surface area contributed by atoms with Crippen molar-refractivity contribution in [2.45, 2.75) is 38.5 Å². The maximum atomic E-state index is 13.0. The Hall–Kier alpha value is -2.37. The highest BCUT2D eigenvalue weighted by Gasteiger charge is 2.28. The van der Waals surface area contributed by atoms with E-state index in [1.54, 1.807) is 24.3 Å². The summed E-state index contributed by atoms with van der Waals surface area (Å²) in [6, 6.07) is 16.0. The van der Waals surface area contributed by atoms with E-state index in [0.717, 1.165) is 5.56 Å². The lowest BCUT2D eigenvalue weighted by atomic mass is 10.0. The molecule has 0 bridgehead atoms. The van der Waals surface area contributed by atoms with Crippen LogP contribution in [0.5, 0.6) is 0 Å². The summed E-state index contributed by atoms with van der Waals surface area (Å²) in [5, 5.41) is 3.36. The number of morpholine rings is 1. The van der Waals surface area contributed by atoms with Gasteiger partial charge in [-0.25, -0.2) is 0 Å². The highest BCUT2D eigenvalue weighted by Crippen LogP contribution is 2.22. The van der Waals surface area contributed by atoms with Crippen LogP contribution in [0, 0.1) is 0 Å². The molecule has 0 unspecified atom stereocenters. The zero-order valence-electron chi connectivity index (χ0n) is 16.1. The lowest BCUT2D eigenvalue weighted by Gasteiger charge is -2.36. The minimum atomic E-state index is -0.439. The number of carbonyl (C=O) groups excluding carboxylic acids is 2. The van der Waals surface area contributed by atoms with Gasteiger partial charge < -0.3 is 15.0 Å². The molecule has 0 aromatic heterocycles. The molecule has 0 spiro atoms. The van der Waals surface area contributed by atoms with Gasteiger partial charge in [0.2, 0.25) is 5.91 Å². The predicted molar refractivity (Wildman–Crippen MR) is 109 cm³/mol. The van der Waals surface area contributed by atoms with Crippen LogP contribution in [-0.4, -0.2) is 42.0 Å². The lowest BCUT2D eigenvalue weighted by Crippen LogP contribution is -2.49. The third kappa shape index (κ3) is 5.12. The fraction of sp³-hybridized carbons (Fsp3) is 0.364. The quantitative estimate of drug-likeness (QED) is 0.829. The van der Waals surface area contributed by atoms with Crippen molar-refractivity contribution in [1.82, 2.24) is 10.2 Å². The molecule has 6 heteroatoms. The molecule has 1 fully saturated rings. The monoisotopic (exact) mass is 400 g/mol. The fourth-order valence-corrected chi connectivity index (χ4v) is 3.73. The van der Waals surface area contributed by atoms with Gasteiger partial charge in [-0.1, -0.05) is 54.1 Å². The molecule has 2 aromatic rings. The highest BCUT2D eigenvalue weighted by atomic mass is 35.5. The third-order valence-electron chi connectivity index (χ3n) is 4.78. The molecule has 2 aromatic carbocycles. The van der Waals surface area contributed by atoms with E-state index in [1.807, 2.05) is 49.1 Å². The zero-order valence-corrected chi connectivity index (χ0v) is 16.9. The Balaban J connectivity index is 1.77. The Morgan fingerprint density at radius 3 is 2.32 bits per heavy atom. The van der Waals surface area contributed by atoms with E-state index in [1.165, 1.54) is 0 Å². The fourth-order valence-electron chi connectivity index (χ4n) is 3.50. The van der Waals surface area contributed by atoms with Gasteiger partial charge in [-0.2, -0.15) is 0 Å². The van der Waals surface area contributed by atoms with Crippen molar-refractivity contribution in [3.8, 4) is 0 Å². The van der Waals surface area contributed by atoms with Gasteiger partial charge in [0.15, 0.2) is 0 Å². The standard InChI is InChI=1S/C22H25ClN2O3/c1-15-13-25(14-16(2)28-15)21(26)12-20(17-8-4-3-5-9-17)24-22(27)18-10-6-7-11-19(18)23/h3-11,15-16,20H,12-14H2,1-2H3,(H,24,27)/t15-,16+,20-/m1/s1. The van der Waals surface area contributed by atoms with Crippen LogP contribution in [0.2, 0.25) is 5.02 Å². The Bertz CT molecular complexity index is 818. The largest absolute Gasteiger partial charge is 0.372 e. The molecule has 1 saturated heterocycles. The van der Waals surface area contributed by atoms with Crippen molar-refractivity contribution in [2.75, 3.05) is 13.1 Å². The molecule has 5 nitrogen and oxygen atoms in total. The van der Waals surface area contributed by atoms with Crippen LogP contribution in [0.25, 0.3) is 0 Å². The van der Waals surface area contributed by atoms with Crippen molar-refractivity contribution in [1.29, 1.82) is 0 Å². The predicted octanol–water partition coefficient (Wildman–Crippen LogP) is 3.84. The molecule has 1 aliphatic heterocycles. The van der Waals surface area contributed by atoms with Crippen molar-refractivity contribution in [3.05, 3.63) is 70.7 Å². The summed E-state index contributed by atoms with van der Waals surface area (Å²) in [6.45, 7) is 5.04. The molecule has 0 aliphatic carbocycles. The molecule has 1 heterocycles. The van der Waals surface area contributed by atoms with Crippen LogP contribution in [0.1, 0.15) is 42.2 Å². The van der Waals surface area contributed by atoms with Crippen molar-refractivity contribution in [3.63, 3.8) is 0 Å². The number of hydrogen-bond donors (Lipinski definition) is 1. The summed E-state index contributed by atoms with van der Waals surface area (Å²) in [5.41, 5.74) is 1.27. The number of benzene rings is 2. The first-order chi connectivity index (χ1) is 13.4. The number of nitrogens with one attached hydrogen (secondary N) is 1. The van der Waals surface area contributed by atoms with Crippen LogP contribution in [-0.2, 0) is 9.53 Å². The lowest BCUT2D eigenvalue weighted by molar-refractivity contribution is -0.143. The minimum Gasteiger partial charge on any atom is -0.372 e. The van der Waals surface area contributed by atoms with Crippen LogP contribution in [0.3, 0.4) is 0 Å². The van der Waals surface area contributed by atoms with Gasteiger partial charge in [0.25, 0.3) is 5.91 Å². The second-order valence-electron chi connectivity index (χ2n) is 7.18. The molecule has 28 heavy (non-hydrogen) atoms. The number of ether oxygens (including phenoxy) is 1. The van der Waals surface area contributed by atoms with Gasteiger partial charge in [-0.15, -0.1) is 0 Å². The van der Waals surface area contributed by atoms with Crippen LogP contribution in [0.4, 0.5) is 0 Å². The van der Waals surface area contributed by atoms with E-state index in [0.29, 0.717) is 23.7 Å². The third-order valence-corrected chi connectivity index (χ3v) is 5.11. The second kappa shape index (κ2) is 9.22. The maximum absolute atomic E-state index is 13.0. The number of amides is 2. The van der Waals surface area contributed by atoms with Crippen LogP contribution < -0.4 is 5.32 Å². The van der Waals surface area contributed by atoms with E-state index in [2.05, 4.69) is 5.32 Å². The number of rotatable bonds is 5. The summed E-state index contributed by atoms with van der Waals surface area (Å²) in [7, 11) is 0. The van der Waals surface area contributed by atoms with Gasteiger partial charge in [0, 0.05) is 13.1 Å². The van der Waals surface area contributed by atoms with Crippen molar-refractivity contribution < 1.29 is 14.3 Å².